The molecule has 0 fully saturated rings. The molecule has 0 aliphatic carbocycles. The van der Waals surface area contributed by atoms with Gasteiger partial charge in [0.15, 0.2) is 5.78 Å². The lowest BCUT2D eigenvalue weighted by atomic mass is 10.0. The Bertz CT molecular complexity index is 337. The maximum Gasteiger partial charge on any atom is 0.155 e. The summed E-state index contributed by atoms with van der Waals surface area (Å²) in [6, 6.07) is 0. The van der Waals surface area contributed by atoms with Gasteiger partial charge in [0, 0.05) is 19.3 Å². The van der Waals surface area contributed by atoms with Crippen molar-refractivity contribution in [2.45, 2.75) is 26.2 Å². The van der Waals surface area contributed by atoms with E-state index in [-0.39, 0.29) is 25.0 Å². The van der Waals surface area contributed by atoms with Gasteiger partial charge in [0.05, 0.1) is 0 Å². The number of Topliss-reactive ketones (excluding diaryl/α,β-unsaturated/α-hetero) is 1. The summed E-state index contributed by atoms with van der Waals surface area (Å²) < 4.78 is 0. The van der Waals surface area contributed by atoms with Crippen LogP contribution in [0.4, 0.5) is 0 Å². The Balaban J connectivity index is 4.71. The van der Waals surface area contributed by atoms with Crippen LogP contribution in [0.1, 0.15) is 26.2 Å². The topological polar surface area (TPSA) is 68.3 Å². The molecular weight excluding hydrogens is 208 g/mol. The van der Waals surface area contributed by atoms with Crippen molar-refractivity contribution >= 4 is 24.6 Å². The van der Waals surface area contributed by atoms with Gasteiger partial charge >= 0.3 is 0 Å². The second-order valence-electron chi connectivity index (χ2n) is 3.16. The number of hydrogen-bond acceptors (Lipinski definition) is 4. The SMILES string of the molecule is CC(=O)C(=CCC=O)CC(C=O)=CCC=O. The molecule has 0 aromatic rings. The number of allylic oxidation sites excluding steroid dienone is 4. The van der Waals surface area contributed by atoms with Crippen LogP contribution in [0.3, 0.4) is 0 Å². The number of rotatable bonds is 8. The van der Waals surface area contributed by atoms with Gasteiger partial charge in [-0.15, -0.1) is 0 Å². The Kier molecular flexibility index (Phi) is 7.49. The number of hydrogen-bond donors (Lipinski definition) is 0. The van der Waals surface area contributed by atoms with Crippen LogP contribution in [-0.4, -0.2) is 24.6 Å². The Labute approximate surface area is 94.0 Å². The lowest BCUT2D eigenvalue weighted by Gasteiger charge is -2.02. The van der Waals surface area contributed by atoms with E-state index in [9.17, 15) is 19.2 Å². The van der Waals surface area contributed by atoms with Crippen molar-refractivity contribution in [1.29, 1.82) is 0 Å². The maximum absolute atomic E-state index is 11.2. The van der Waals surface area contributed by atoms with Crippen LogP contribution in [0, 0.1) is 0 Å². The molecule has 0 aromatic carbocycles. The predicted octanol–water partition coefficient (Wildman–Crippen LogP) is 1.20. The van der Waals surface area contributed by atoms with Crippen molar-refractivity contribution in [2.24, 2.45) is 0 Å². The van der Waals surface area contributed by atoms with Gasteiger partial charge in [0.25, 0.3) is 0 Å². The third-order valence-corrected chi connectivity index (χ3v) is 1.93. The van der Waals surface area contributed by atoms with Gasteiger partial charge < -0.3 is 9.59 Å². The number of ketones is 1. The zero-order chi connectivity index (χ0) is 12.4. The summed E-state index contributed by atoms with van der Waals surface area (Å²) in [6.07, 6.45) is 5.39. The maximum atomic E-state index is 11.2. The third kappa shape index (κ3) is 5.80. The first-order valence-electron chi connectivity index (χ1n) is 4.87. The van der Waals surface area contributed by atoms with E-state index in [0.29, 0.717) is 30.0 Å². The molecule has 0 saturated heterocycles. The van der Waals surface area contributed by atoms with Crippen LogP contribution < -0.4 is 0 Å². The van der Waals surface area contributed by atoms with Gasteiger partial charge in [-0.2, -0.15) is 0 Å². The lowest BCUT2D eigenvalue weighted by Crippen LogP contribution is -2.00. The van der Waals surface area contributed by atoms with E-state index >= 15 is 0 Å². The largest absolute Gasteiger partial charge is 0.303 e. The van der Waals surface area contributed by atoms with E-state index in [0.717, 1.165) is 0 Å². The standard InChI is InChI=1S/C12H14O4/c1-10(16)12(5-3-7-14)8-11(9-15)4-2-6-13/h4-7,9H,2-3,8H2,1H3. The van der Waals surface area contributed by atoms with E-state index in [1.165, 1.54) is 19.1 Å². The van der Waals surface area contributed by atoms with Gasteiger partial charge in [-0.05, 0) is 18.1 Å². The molecule has 0 amide bonds. The molecule has 0 heterocycles. The molecule has 0 aliphatic heterocycles. The van der Waals surface area contributed by atoms with Crippen molar-refractivity contribution in [3.05, 3.63) is 23.3 Å². The van der Waals surface area contributed by atoms with Crippen LogP contribution in [0.25, 0.3) is 0 Å². The molecule has 0 saturated carbocycles. The molecule has 4 heteroatoms. The highest BCUT2D eigenvalue weighted by molar-refractivity contribution is 5.95. The number of aldehydes is 3. The van der Waals surface area contributed by atoms with Gasteiger partial charge in [-0.25, -0.2) is 0 Å². The highest BCUT2D eigenvalue weighted by Crippen LogP contribution is 2.11. The summed E-state index contributed by atoms with van der Waals surface area (Å²) in [6.45, 7) is 1.37. The lowest BCUT2D eigenvalue weighted by molar-refractivity contribution is -0.113. The fourth-order valence-corrected chi connectivity index (χ4v) is 1.11. The van der Waals surface area contributed by atoms with Crippen molar-refractivity contribution in [1.82, 2.24) is 0 Å². The summed E-state index contributed by atoms with van der Waals surface area (Å²) >= 11 is 0. The molecule has 0 unspecified atom stereocenters. The summed E-state index contributed by atoms with van der Waals surface area (Å²) in [5.74, 6) is -0.180. The quantitative estimate of drug-likeness (QED) is 0.457. The van der Waals surface area contributed by atoms with E-state index in [1.807, 2.05) is 0 Å². The molecule has 0 aromatic heterocycles. The van der Waals surface area contributed by atoms with E-state index in [2.05, 4.69) is 0 Å². The van der Waals surface area contributed by atoms with Crippen LogP contribution in [0.5, 0.6) is 0 Å². The third-order valence-electron chi connectivity index (χ3n) is 1.93. The number of carbonyl (C=O) groups is 4. The van der Waals surface area contributed by atoms with E-state index < -0.39 is 0 Å². The molecule has 0 atom stereocenters. The second kappa shape index (κ2) is 8.47. The molecule has 0 aliphatic rings. The van der Waals surface area contributed by atoms with Gasteiger partial charge in [-0.1, -0.05) is 12.2 Å². The summed E-state index contributed by atoms with van der Waals surface area (Å²) in [7, 11) is 0. The molecule has 16 heavy (non-hydrogen) atoms. The minimum Gasteiger partial charge on any atom is -0.303 e. The van der Waals surface area contributed by atoms with Crippen molar-refractivity contribution in [3.63, 3.8) is 0 Å². The minimum absolute atomic E-state index is 0.146. The van der Waals surface area contributed by atoms with Crippen LogP contribution in [0.15, 0.2) is 23.3 Å². The fraction of sp³-hybridized carbons (Fsp3) is 0.333. The molecule has 0 spiro atoms. The average molecular weight is 222 g/mol. The Morgan fingerprint density at radius 1 is 1.00 bits per heavy atom. The first-order valence-corrected chi connectivity index (χ1v) is 4.87. The zero-order valence-electron chi connectivity index (χ0n) is 9.14. The second-order valence-corrected chi connectivity index (χ2v) is 3.16. The summed E-state index contributed by atoms with van der Waals surface area (Å²) in [5, 5.41) is 0. The predicted molar refractivity (Wildman–Crippen MR) is 58.9 cm³/mol. The Hall–Kier alpha value is -1.84. The molecular formula is C12H14O4. The van der Waals surface area contributed by atoms with Crippen molar-refractivity contribution < 1.29 is 19.2 Å². The normalized spacial score (nSPS) is 12.1. The van der Waals surface area contributed by atoms with Crippen LogP contribution >= 0.6 is 0 Å². The van der Waals surface area contributed by atoms with Crippen LogP contribution in [-0.2, 0) is 19.2 Å². The van der Waals surface area contributed by atoms with Crippen LogP contribution in [0.2, 0.25) is 0 Å². The Morgan fingerprint density at radius 3 is 2.00 bits per heavy atom. The minimum atomic E-state index is -0.180. The first kappa shape index (κ1) is 14.2. The summed E-state index contributed by atoms with van der Waals surface area (Å²) in [5.41, 5.74) is 0.788. The smallest absolute Gasteiger partial charge is 0.155 e. The Morgan fingerprint density at radius 2 is 1.56 bits per heavy atom. The zero-order valence-corrected chi connectivity index (χ0v) is 9.14. The summed E-state index contributed by atoms with van der Waals surface area (Å²) in [4.78, 5) is 42.1. The average Bonchev–Trinajstić information content (AvgIpc) is 2.28. The molecule has 86 valence electrons. The highest BCUT2D eigenvalue weighted by Gasteiger charge is 2.06. The van der Waals surface area contributed by atoms with Gasteiger partial charge in [0.2, 0.25) is 0 Å². The van der Waals surface area contributed by atoms with Gasteiger partial charge in [0.1, 0.15) is 18.9 Å². The molecule has 0 rings (SSSR count). The van der Waals surface area contributed by atoms with E-state index in [4.69, 9.17) is 0 Å². The molecule has 0 radical (unpaired) electrons. The monoisotopic (exact) mass is 222 g/mol. The molecule has 0 N–H and O–H groups in total. The molecule has 4 nitrogen and oxygen atoms in total. The number of carbonyl (C=O) groups excluding carboxylic acids is 4. The van der Waals surface area contributed by atoms with E-state index in [1.54, 1.807) is 0 Å². The fourth-order valence-electron chi connectivity index (χ4n) is 1.11. The van der Waals surface area contributed by atoms with Crippen molar-refractivity contribution in [2.75, 3.05) is 0 Å². The van der Waals surface area contributed by atoms with Crippen molar-refractivity contribution in [3.8, 4) is 0 Å². The first-order chi connectivity index (χ1) is 7.65. The molecule has 0 bridgehead atoms. The highest BCUT2D eigenvalue weighted by atomic mass is 16.1. The van der Waals surface area contributed by atoms with Gasteiger partial charge in [-0.3, -0.25) is 9.59 Å².